The van der Waals surface area contributed by atoms with Crippen LogP contribution in [0.25, 0.3) is 16.9 Å². The Hall–Kier alpha value is -6.67. The van der Waals surface area contributed by atoms with E-state index in [1.165, 1.54) is 36.6 Å². The fraction of sp³-hybridized carbons (Fsp3) is 0.429. The van der Waals surface area contributed by atoms with E-state index < -0.39 is 27.9 Å². The van der Waals surface area contributed by atoms with E-state index in [1.54, 1.807) is 30.3 Å². The molecule has 2 saturated heterocycles. The van der Waals surface area contributed by atoms with Gasteiger partial charge in [0, 0.05) is 81.3 Å². The molecule has 1 spiro atoms. The molecule has 3 atom stereocenters. The number of quaternary nitrogens is 1. The maximum absolute atomic E-state index is 15.0. The fourth-order valence-corrected chi connectivity index (χ4v) is 14.3. The highest BCUT2D eigenvalue weighted by molar-refractivity contribution is 7.90. The van der Waals surface area contributed by atoms with Crippen molar-refractivity contribution in [2.45, 2.75) is 120 Å². The van der Waals surface area contributed by atoms with Crippen molar-refractivity contribution in [3.8, 4) is 17.2 Å². The van der Waals surface area contributed by atoms with E-state index in [0.29, 0.717) is 60.3 Å². The maximum Gasteiger partial charge on any atom is 0.268 e. The van der Waals surface area contributed by atoms with Crippen LogP contribution >= 0.6 is 0 Å². The number of alkyl halides is 1. The van der Waals surface area contributed by atoms with Gasteiger partial charge in [-0.2, -0.15) is 4.39 Å². The number of ether oxygens (including phenoxy) is 2. The number of aromatic amines is 1. The number of aromatic nitrogens is 2. The summed E-state index contributed by atoms with van der Waals surface area (Å²) in [6.45, 7) is 15.4. The summed E-state index contributed by atoms with van der Waals surface area (Å²) in [4.78, 5) is 29.1. The van der Waals surface area contributed by atoms with Gasteiger partial charge < -0.3 is 40.1 Å². The summed E-state index contributed by atoms with van der Waals surface area (Å²) in [5.41, 5.74) is 6.24. The number of fused-ring (bicyclic) bond motifs is 2. The standard InChI is InChI=1S/C63H74F2N8O7S/c1-6-57(65)80-46-16-11-42(12-17-46)37-71-29-30-73(54(38-71)49-10-8-7-9-48(49)40(2)3)45-34-63(35-45)25-27-72(28-26-63)44-15-19-50(55(31-44)79-47-18-13-43-14-20-52(64)51(43)32-47)61(74)69-81(77,78)56-33-53(70(5)76)58(60-59(56)67-39-68-60)66-36-41-21-23-62(4,75)24-22-41/h6-13,15-20,31-33,39-41,45,54,57,66,70,75H,1,14,21-30,34-38H2,2-5H3,(H,67,68)(H,69,74)/t41?,54-,57?,62?/m0/s1. The average Bonchev–Trinajstić information content (AvgIpc) is 4.09. The number of rotatable bonds is 18. The third kappa shape index (κ3) is 12.0. The molecule has 2 saturated carbocycles. The van der Waals surface area contributed by atoms with Crippen molar-refractivity contribution in [2.75, 3.05) is 56.5 Å². The van der Waals surface area contributed by atoms with Gasteiger partial charge in [-0.05, 0) is 153 Å². The minimum atomic E-state index is -4.66. The minimum Gasteiger partial charge on any atom is -0.629 e. The lowest BCUT2D eigenvalue weighted by molar-refractivity contribution is -0.750. The number of piperidine rings is 1. The van der Waals surface area contributed by atoms with Crippen LogP contribution in [0.1, 0.15) is 122 Å². The number of nitrogens with one attached hydrogen (secondary N) is 4. The van der Waals surface area contributed by atoms with Crippen molar-refractivity contribution >= 4 is 49.9 Å². The first-order valence-electron chi connectivity index (χ1n) is 28.5. The third-order valence-corrected chi connectivity index (χ3v) is 19.2. The van der Waals surface area contributed by atoms with Crippen LogP contribution in [0, 0.1) is 16.5 Å². The van der Waals surface area contributed by atoms with Crippen LogP contribution in [0.4, 0.5) is 25.8 Å². The normalized spacial score (nSPS) is 22.2. The first-order chi connectivity index (χ1) is 38.8. The summed E-state index contributed by atoms with van der Waals surface area (Å²) < 4.78 is 71.7. The Morgan fingerprint density at radius 2 is 1.73 bits per heavy atom. The summed E-state index contributed by atoms with van der Waals surface area (Å²) in [5, 5.41) is 26.7. The van der Waals surface area contributed by atoms with Gasteiger partial charge in [-0.25, -0.2) is 22.5 Å². The molecule has 81 heavy (non-hydrogen) atoms. The molecule has 1 aromatic heterocycles. The fourth-order valence-electron chi connectivity index (χ4n) is 13.1. The van der Waals surface area contributed by atoms with Gasteiger partial charge in [-0.15, -0.1) is 0 Å². The number of imidazole rings is 1. The summed E-state index contributed by atoms with van der Waals surface area (Å²) in [6.07, 6.45) is 9.93. The molecule has 2 aliphatic heterocycles. The van der Waals surface area contributed by atoms with Gasteiger partial charge in [0.05, 0.1) is 30.1 Å². The number of benzene rings is 5. The van der Waals surface area contributed by atoms with Crippen molar-refractivity contribution in [3.05, 3.63) is 155 Å². The topological polar surface area (TPSA) is 180 Å². The van der Waals surface area contributed by atoms with E-state index in [1.807, 2.05) is 37.3 Å². The lowest BCUT2D eigenvalue weighted by Gasteiger charge is -2.58. The van der Waals surface area contributed by atoms with E-state index in [9.17, 15) is 32.3 Å². The number of anilines is 2. The average molecular weight is 1130 g/mol. The summed E-state index contributed by atoms with van der Waals surface area (Å²) in [7, 11) is -3.31. The van der Waals surface area contributed by atoms with Crippen LogP contribution < -0.4 is 29.5 Å². The number of hydroxylamine groups is 1. The number of amides is 1. The molecular weight excluding hydrogens is 1050 g/mol. The number of aliphatic hydroxyl groups is 1. The first kappa shape index (κ1) is 56.2. The molecule has 1 amide bonds. The Labute approximate surface area is 473 Å². The minimum absolute atomic E-state index is 0.0547. The van der Waals surface area contributed by atoms with Crippen molar-refractivity contribution in [1.82, 2.24) is 24.5 Å². The number of halogens is 2. The van der Waals surface area contributed by atoms with Crippen molar-refractivity contribution in [2.24, 2.45) is 11.3 Å². The summed E-state index contributed by atoms with van der Waals surface area (Å²) >= 11 is 0. The van der Waals surface area contributed by atoms with E-state index in [2.05, 4.69) is 79.4 Å². The Kier molecular flexibility index (Phi) is 15.9. The molecule has 18 heteroatoms. The van der Waals surface area contributed by atoms with Gasteiger partial charge in [0.2, 0.25) is 0 Å². The molecule has 3 heterocycles. The van der Waals surface area contributed by atoms with Crippen LogP contribution in [-0.2, 0) is 23.0 Å². The van der Waals surface area contributed by atoms with Gasteiger partial charge in [-0.3, -0.25) is 14.6 Å². The summed E-state index contributed by atoms with van der Waals surface area (Å²) in [5.74, 6) is 0.138. The zero-order valence-electron chi connectivity index (χ0n) is 46.6. The third-order valence-electron chi connectivity index (χ3n) is 17.8. The van der Waals surface area contributed by atoms with Gasteiger partial charge in [-0.1, -0.05) is 62.9 Å². The maximum atomic E-state index is 15.0. The van der Waals surface area contributed by atoms with Crippen LogP contribution in [0.5, 0.6) is 17.2 Å². The molecule has 4 fully saturated rings. The molecule has 0 bridgehead atoms. The number of allylic oxidation sites excluding steroid dienone is 1. The van der Waals surface area contributed by atoms with E-state index >= 15 is 0 Å². The second kappa shape index (κ2) is 22.9. The molecule has 6 aromatic rings. The van der Waals surface area contributed by atoms with E-state index in [0.717, 1.165) is 101 Å². The lowest BCUT2D eigenvalue weighted by Crippen LogP contribution is -2.98. The number of nitrogens with zero attached hydrogens (tertiary/aromatic N) is 4. The lowest BCUT2D eigenvalue weighted by atomic mass is 9.59. The number of sulfonamides is 1. The van der Waals surface area contributed by atoms with Crippen molar-refractivity contribution < 1.29 is 41.6 Å². The molecule has 0 radical (unpaired) electrons. The Balaban J connectivity index is 0.798. The van der Waals surface area contributed by atoms with Crippen LogP contribution in [0.3, 0.4) is 0 Å². The summed E-state index contributed by atoms with van der Waals surface area (Å²) in [6, 6.07) is 28.7. The van der Waals surface area contributed by atoms with Crippen molar-refractivity contribution in [1.29, 1.82) is 0 Å². The largest absolute Gasteiger partial charge is 0.629 e. The highest BCUT2D eigenvalue weighted by Crippen LogP contribution is 2.54. The predicted molar refractivity (Wildman–Crippen MR) is 312 cm³/mol. The molecule has 2 unspecified atom stereocenters. The van der Waals surface area contributed by atoms with Crippen LogP contribution in [0.2, 0.25) is 0 Å². The first-order valence-corrected chi connectivity index (χ1v) is 30.0. The molecule has 5 aromatic carbocycles. The zero-order valence-corrected chi connectivity index (χ0v) is 47.5. The quantitative estimate of drug-likeness (QED) is 0.0407. The Morgan fingerprint density at radius 3 is 2.46 bits per heavy atom. The van der Waals surface area contributed by atoms with Gasteiger partial charge in [0.15, 0.2) is 5.69 Å². The van der Waals surface area contributed by atoms with Crippen LogP contribution in [0.15, 0.2) is 121 Å². The van der Waals surface area contributed by atoms with Gasteiger partial charge in [0.25, 0.3) is 22.3 Å². The number of piperazine rings is 1. The highest BCUT2D eigenvalue weighted by atomic mass is 32.2. The Bertz CT molecular complexity index is 3430. The van der Waals surface area contributed by atoms with E-state index in [4.69, 9.17) is 9.47 Å². The molecular formula is C63H74F2N8O7S. The molecule has 11 rings (SSSR count). The molecule has 5 aliphatic rings. The van der Waals surface area contributed by atoms with E-state index in [-0.39, 0.29) is 61.4 Å². The van der Waals surface area contributed by atoms with Gasteiger partial charge in [0.1, 0.15) is 39.2 Å². The number of hydrogen-bond acceptors (Lipinski definition) is 12. The number of carbonyl (C=O) groups excluding carboxylic acids is 1. The Morgan fingerprint density at radius 1 is 0.988 bits per heavy atom. The molecule has 3 aliphatic carbocycles. The zero-order chi connectivity index (χ0) is 56.8. The second-order valence-electron chi connectivity index (χ2n) is 23.8. The van der Waals surface area contributed by atoms with Crippen LogP contribution in [-0.4, -0.2) is 104 Å². The molecule has 5 N–H and O–H groups in total. The number of hydrogen-bond donors (Lipinski definition) is 5. The highest BCUT2D eigenvalue weighted by Gasteiger charge is 2.50. The second-order valence-corrected chi connectivity index (χ2v) is 25.4. The molecule has 15 nitrogen and oxygen atoms in total. The smallest absolute Gasteiger partial charge is 0.268 e. The number of carbonyl (C=O) groups is 1. The monoisotopic (exact) mass is 1120 g/mol. The SMILES string of the molecule is C=CC(F)Oc1ccc(CN2CCN(C3CC4(CCN(c5ccc(C(=O)NS(=O)(=O)c6cc([NH+](C)[O-])c(NCC7CCC(C)(O)CC7)c7[nH]cnc67)c(Oc6ccc7c(c6)C(F)=CC7)c5)CC4)C3)[C@H](c3ccccc3C(C)C)C2)cc1. The predicted octanol–water partition coefficient (Wildman–Crippen LogP) is 10.6. The molecule has 428 valence electrons. The number of H-pyrrole nitrogens is 1. The van der Waals surface area contributed by atoms with Gasteiger partial charge >= 0.3 is 0 Å². The van der Waals surface area contributed by atoms with Crippen molar-refractivity contribution in [3.63, 3.8) is 0 Å².